The van der Waals surface area contributed by atoms with E-state index in [0.29, 0.717) is 18.3 Å². The molecule has 3 aromatic rings. The molecule has 0 radical (unpaired) electrons. The lowest BCUT2D eigenvalue weighted by Crippen LogP contribution is -2.27. The Bertz CT molecular complexity index is 1070. The highest BCUT2D eigenvalue weighted by Gasteiger charge is 2.35. The van der Waals surface area contributed by atoms with E-state index >= 15 is 4.39 Å². The molecule has 0 saturated carbocycles. The van der Waals surface area contributed by atoms with Gasteiger partial charge in [-0.05, 0) is 29.2 Å². The van der Waals surface area contributed by atoms with Gasteiger partial charge in [-0.2, -0.15) is 13.2 Å². The van der Waals surface area contributed by atoms with Crippen molar-refractivity contribution in [3.05, 3.63) is 52.5 Å². The van der Waals surface area contributed by atoms with E-state index in [9.17, 15) is 18.0 Å². The Morgan fingerprint density at radius 3 is 2.33 bits per heavy atom. The second-order valence-corrected chi connectivity index (χ2v) is 7.70. The van der Waals surface area contributed by atoms with Crippen LogP contribution in [0.3, 0.4) is 0 Å². The lowest BCUT2D eigenvalue weighted by molar-refractivity contribution is -0.137. The highest BCUT2D eigenvalue weighted by atomic mass is 19.4. The largest absolute Gasteiger partial charge is 0.418 e. The van der Waals surface area contributed by atoms with Crippen LogP contribution in [0.25, 0.3) is 22.2 Å². The molecular formula is C19H19F4N3O. The third-order valence-corrected chi connectivity index (χ3v) is 4.29. The Labute approximate surface area is 153 Å². The average molecular weight is 381 g/mol. The van der Waals surface area contributed by atoms with Gasteiger partial charge in [0.2, 0.25) is 0 Å². The zero-order valence-electron chi connectivity index (χ0n) is 15.4. The van der Waals surface area contributed by atoms with E-state index in [-0.39, 0.29) is 22.1 Å². The Kier molecular flexibility index (Phi) is 4.40. The van der Waals surface area contributed by atoms with Crippen molar-refractivity contribution in [2.75, 3.05) is 0 Å². The van der Waals surface area contributed by atoms with E-state index in [4.69, 9.17) is 0 Å². The molecule has 0 fully saturated rings. The van der Waals surface area contributed by atoms with Crippen LogP contribution in [0.5, 0.6) is 0 Å². The highest BCUT2D eigenvalue weighted by molar-refractivity contribution is 5.84. The van der Waals surface area contributed by atoms with E-state index < -0.39 is 23.2 Å². The van der Waals surface area contributed by atoms with Gasteiger partial charge in [-0.15, -0.1) is 0 Å². The number of alkyl halides is 3. The average Bonchev–Trinajstić information content (AvgIpc) is 2.78. The third-order valence-electron chi connectivity index (χ3n) is 4.29. The quantitative estimate of drug-likeness (QED) is 0.609. The van der Waals surface area contributed by atoms with Gasteiger partial charge in [-0.1, -0.05) is 20.8 Å². The van der Waals surface area contributed by atoms with Crippen LogP contribution in [0.1, 0.15) is 26.3 Å². The van der Waals surface area contributed by atoms with Crippen LogP contribution in [0, 0.1) is 11.2 Å². The number of hydrogen-bond acceptors (Lipinski definition) is 2. The fourth-order valence-electron chi connectivity index (χ4n) is 3.16. The second kappa shape index (κ2) is 6.21. The fraction of sp³-hybridized carbons (Fsp3) is 0.368. The van der Waals surface area contributed by atoms with Gasteiger partial charge in [0.05, 0.1) is 11.1 Å². The number of nitrogens with zero attached hydrogens (tertiary/aromatic N) is 3. The summed E-state index contributed by atoms with van der Waals surface area (Å²) in [5.74, 6) is -0.864. The number of benzene rings is 1. The number of hydrogen-bond donors (Lipinski definition) is 0. The molecule has 0 aliphatic heterocycles. The molecule has 0 unspecified atom stereocenters. The summed E-state index contributed by atoms with van der Waals surface area (Å²) in [5.41, 5.74) is -1.88. The van der Waals surface area contributed by atoms with Crippen LogP contribution in [-0.4, -0.2) is 14.1 Å². The van der Waals surface area contributed by atoms with Crippen molar-refractivity contribution < 1.29 is 17.6 Å². The van der Waals surface area contributed by atoms with Crippen LogP contribution >= 0.6 is 0 Å². The van der Waals surface area contributed by atoms with Crippen LogP contribution in [-0.2, 0) is 19.8 Å². The van der Waals surface area contributed by atoms with Crippen molar-refractivity contribution >= 4 is 11.0 Å². The van der Waals surface area contributed by atoms with Gasteiger partial charge in [0, 0.05) is 31.5 Å². The predicted molar refractivity (Wildman–Crippen MR) is 94.8 cm³/mol. The molecule has 0 bridgehead atoms. The molecule has 144 valence electrons. The topological polar surface area (TPSA) is 39.8 Å². The highest BCUT2D eigenvalue weighted by Crippen LogP contribution is 2.38. The standard InChI is InChI=1S/C19H19F4N3O/c1-18(2,3)10-26-14-6-5-12(15(20)16(14)25(4)17(26)27)11-7-8-24-9-13(11)19(21,22)23/h5-9H,10H2,1-4H3. The summed E-state index contributed by atoms with van der Waals surface area (Å²) in [5, 5.41) is 0. The number of imidazole rings is 1. The molecule has 1 aromatic carbocycles. The number of aryl methyl sites for hydroxylation is 1. The van der Waals surface area contributed by atoms with E-state index in [0.717, 1.165) is 10.6 Å². The van der Waals surface area contributed by atoms with Gasteiger partial charge < -0.3 is 0 Å². The summed E-state index contributed by atoms with van der Waals surface area (Å²) in [6.07, 6.45) is -2.82. The minimum absolute atomic E-state index is 0.0216. The number of pyridine rings is 1. The smallest absolute Gasteiger partial charge is 0.292 e. The van der Waals surface area contributed by atoms with Crippen molar-refractivity contribution in [2.45, 2.75) is 33.5 Å². The first kappa shape index (κ1) is 19.1. The third kappa shape index (κ3) is 3.36. The first-order chi connectivity index (χ1) is 12.4. The second-order valence-electron chi connectivity index (χ2n) is 7.70. The van der Waals surface area contributed by atoms with Crippen molar-refractivity contribution in [3.8, 4) is 11.1 Å². The monoisotopic (exact) mass is 381 g/mol. The summed E-state index contributed by atoms with van der Waals surface area (Å²) < 4.78 is 57.7. The summed E-state index contributed by atoms with van der Waals surface area (Å²) in [6.45, 7) is 6.17. The molecule has 2 aromatic heterocycles. The van der Waals surface area contributed by atoms with Crippen LogP contribution in [0.2, 0.25) is 0 Å². The van der Waals surface area contributed by atoms with E-state index in [2.05, 4.69) is 4.98 Å². The molecule has 0 spiro atoms. The van der Waals surface area contributed by atoms with Crippen molar-refractivity contribution in [1.82, 2.24) is 14.1 Å². The molecular weight excluding hydrogens is 362 g/mol. The number of rotatable bonds is 2. The summed E-state index contributed by atoms with van der Waals surface area (Å²) in [7, 11) is 1.41. The Balaban J connectivity index is 2.31. The minimum atomic E-state index is -4.67. The van der Waals surface area contributed by atoms with Gasteiger partial charge in [0.1, 0.15) is 5.52 Å². The number of fused-ring (bicyclic) bond motifs is 1. The molecule has 0 amide bonds. The van der Waals surface area contributed by atoms with Crippen LogP contribution in [0.15, 0.2) is 35.4 Å². The van der Waals surface area contributed by atoms with Gasteiger partial charge in [-0.3, -0.25) is 14.1 Å². The van der Waals surface area contributed by atoms with Crippen LogP contribution < -0.4 is 5.69 Å². The summed E-state index contributed by atoms with van der Waals surface area (Å²) >= 11 is 0. The normalized spacial score (nSPS) is 12.7. The molecule has 0 aliphatic carbocycles. The van der Waals surface area contributed by atoms with Crippen LogP contribution in [0.4, 0.5) is 17.6 Å². The maximum absolute atomic E-state index is 15.2. The molecule has 0 N–H and O–H groups in total. The van der Waals surface area contributed by atoms with E-state index in [1.165, 1.54) is 29.9 Å². The number of aromatic nitrogens is 3. The van der Waals surface area contributed by atoms with E-state index in [1.807, 2.05) is 20.8 Å². The Hall–Kier alpha value is -2.64. The predicted octanol–water partition coefficient (Wildman–Crippen LogP) is 4.61. The number of halogens is 4. The molecule has 3 rings (SSSR count). The van der Waals surface area contributed by atoms with Crippen molar-refractivity contribution in [3.63, 3.8) is 0 Å². The molecule has 4 nitrogen and oxygen atoms in total. The Morgan fingerprint density at radius 2 is 1.74 bits per heavy atom. The van der Waals surface area contributed by atoms with E-state index in [1.54, 1.807) is 0 Å². The molecule has 0 saturated heterocycles. The van der Waals surface area contributed by atoms with Crippen molar-refractivity contribution in [1.29, 1.82) is 0 Å². The molecule has 0 aliphatic rings. The minimum Gasteiger partial charge on any atom is -0.292 e. The zero-order valence-corrected chi connectivity index (χ0v) is 15.4. The molecule has 27 heavy (non-hydrogen) atoms. The SMILES string of the molecule is Cn1c(=O)n(CC(C)(C)C)c2ccc(-c3ccncc3C(F)(F)F)c(F)c21. The van der Waals surface area contributed by atoms with Gasteiger partial charge in [0.15, 0.2) is 5.82 Å². The molecule has 2 heterocycles. The Morgan fingerprint density at radius 1 is 1.07 bits per heavy atom. The zero-order chi connectivity index (χ0) is 20.1. The maximum atomic E-state index is 15.2. The fourth-order valence-corrected chi connectivity index (χ4v) is 3.16. The van der Waals surface area contributed by atoms with Gasteiger partial charge in [0.25, 0.3) is 0 Å². The first-order valence-electron chi connectivity index (χ1n) is 8.31. The van der Waals surface area contributed by atoms with Gasteiger partial charge >= 0.3 is 11.9 Å². The summed E-state index contributed by atoms with van der Waals surface area (Å²) in [4.78, 5) is 16.1. The van der Waals surface area contributed by atoms with Crippen molar-refractivity contribution in [2.24, 2.45) is 12.5 Å². The molecule has 0 atom stereocenters. The van der Waals surface area contributed by atoms with Gasteiger partial charge in [-0.25, -0.2) is 9.18 Å². The maximum Gasteiger partial charge on any atom is 0.418 e. The lowest BCUT2D eigenvalue weighted by Gasteiger charge is -2.19. The molecule has 8 heteroatoms. The first-order valence-corrected chi connectivity index (χ1v) is 8.31. The lowest BCUT2D eigenvalue weighted by atomic mass is 9.96. The summed E-state index contributed by atoms with van der Waals surface area (Å²) in [6, 6.07) is 3.89.